The van der Waals surface area contributed by atoms with Crippen LogP contribution in [0, 0.1) is 0 Å². The van der Waals surface area contributed by atoms with E-state index in [1.807, 2.05) is 37.3 Å². The SMILES string of the molecule is CCOC(=O)C[C@H]1O[C@H](c2cccc(OCC)c2Br)c2cc(Cl)ccc2N(CC2=CCC(OC)C=C2OC)C1=O. The van der Waals surface area contributed by atoms with E-state index in [0.717, 1.165) is 11.1 Å². The summed E-state index contributed by atoms with van der Waals surface area (Å²) in [6.07, 6.45) is 2.30. The molecular weight excluding hydrogens is 602 g/mol. The highest BCUT2D eigenvalue weighted by atomic mass is 79.9. The van der Waals surface area contributed by atoms with Gasteiger partial charge in [0.15, 0.2) is 0 Å². The fourth-order valence-corrected chi connectivity index (χ4v) is 5.62. The first-order chi connectivity index (χ1) is 19.3. The number of hydrogen-bond acceptors (Lipinski definition) is 7. The van der Waals surface area contributed by atoms with Crippen molar-refractivity contribution in [1.82, 2.24) is 0 Å². The molecule has 0 saturated carbocycles. The molecule has 10 heteroatoms. The molecule has 0 aromatic heterocycles. The third kappa shape index (κ3) is 6.54. The third-order valence-electron chi connectivity index (χ3n) is 6.74. The molecule has 1 aliphatic heterocycles. The van der Waals surface area contributed by atoms with Crippen molar-refractivity contribution in [2.75, 3.05) is 38.9 Å². The average Bonchev–Trinajstić information content (AvgIpc) is 3.05. The number of halogens is 2. The number of hydrogen-bond donors (Lipinski definition) is 0. The zero-order valence-electron chi connectivity index (χ0n) is 22.9. The lowest BCUT2D eigenvalue weighted by molar-refractivity contribution is -0.151. The summed E-state index contributed by atoms with van der Waals surface area (Å²) in [5, 5.41) is 0.484. The summed E-state index contributed by atoms with van der Waals surface area (Å²) in [6, 6.07) is 10.9. The number of fused-ring (bicyclic) bond motifs is 1. The fourth-order valence-electron chi connectivity index (χ4n) is 4.86. The number of carbonyl (C=O) groups excluding carboxylic acids is 2. The van der Waals surface area contributed by atoms with Gasteiger partial charge in [-0.05, 0) is 66.5 Å². The average molecular weight is 635 g/mol. The Morgan fingerprint density at radius 3 is 2.65 bits per heavy atom. The number of anilines is 1. The summed E-state index contributed by atoms with van der Waals surface area (Å²) >= 11 is 10.2. The number of esters is 1. The molecule has 1 unspecified atom stereocenters. The van der Waals surface area contributed by atoms with Crippen molar-refractivity contribution in [2.24, 2.45) is 0 Å². The van der Waals surface area contributed by atoms with Gasteiger partial charge in [-0.3, -0.25) is 9.59 Å². The minimum absolute atomic E-state index is 0.121. The lowest BCUT2D eigenvalue weighted by Crippen LogP contribution is -2.42. The Morgan fingerprint density at radius 1 is 1.15 bits per heavy atom. The fraction of sp³-hybridized carbons (Fsp3) is 0.400. The predicted octanol–water partition coefficient (Wildman–Crippen LogP) is 6.15. The summed E-state index contributed by atoms with van der Waals surface area (Å²) in [5.74, 6) is 0.359. The molecular formula is C30H33BrClNO7. The number of carbonyl (C=O) groups is 2. The third-order valence-corrected chi connectivity index (χ3v) is 7.82. The lowest BCUT2D eigenvalue weighted by atomic mass is 9.98. The Morgan fingerprint density at radius 2 is 1.95 bits per heavy atom. The number of benzene rings is 2. The second-order valence-corrected chi connectivity index (χ2v) is 10.4. The molecule has 1 aliphatic carbocycles. The summed E-state index contributed by atoms with van der Waals surface area (Å²) in [7, 11) is 3.23. The molecule has 0 spiro atoms. The number of methoxy groups -OCH3 is 2. The van der Waals surface area contributed by atoms with E-state index in [4.69, 9.17) is 35.3 Å². The molecule has 2 aliphatic rings. The molecule has 214 valence electrons. The van der Waals surface area contributed by atoms with Gasteiger partial charge >= 0.3 is 5.97 Å². The first-order valence-electron chi connectivity index (χ1n) is 13.1. The highest BCUT2D eigenvalue weighted by molar-refractivity contribution is 9.10. The monoisotopic (exact) mass is 633 g/mol. The van der Waals surface area contributed by atoms with Gasteiger partial charge in [0.1, 0.15) is 23.7 Å². The number of rotatable bonds is 10. The molecule has 40 heavy (non-hydrogen) atoms. The van der Waals surface area contributed by atoms with Gasteiger partial charge in [0.25, 0.3) is 5.91 Å². The lowest BCUT2D eigenvalue weighted by Gasteiger charge is -2.28. The van der Waals surface area contributed by atoms with E-state index in [1.165, 1.54) is 0 Å². The van der Waals surface area contributed by atoms with Crippen molar-refractivity contribution in [3.8, 4) is 5.75 Å². The van der Waals surface area contributed by atoms with Crippen LogP contribution in [0.15, 0.2) is 64.4 Å². The van der Waals surface area contributed by atoms with Crippen LogP contribution in [0.4, 0.5) is 5.69 Å². The number of amides is 1. The van der Waals surface area contributed by atoms with Gasteiger partial charge in [-0.15, -0.1) is 0 Å². The summed E-state index contributed by atoms with van der Waals surface area (Å²) in [5.41, 5.74) is 2.84. The first kappa shape index (κ1) is 30.1. The molecule has 1 heterocycles. The van der Waals surface area contributed by atoms with Gasteiger partial charge in [0, 0.05) is 28.8 Å². The summed E-state index contributed by atoms with van der Waals surface area (Å²) in [6.45, 7) is 4.49. The summed E-state index contributed by atoms with van der Waals surface area (Å²) in [4.78, 5) is 28.4. The smallest absolute Gasteiger partial charge is 0.308 e. The molecule has 0 fully saturated rings. The molecule has 0 saturated heterocycles. The molecule has 2 aromatic rings. The predicted molar refractivity (Wildman–Crippen MR) is 156 cm³/mol. The van der Waals surface area contributed by atoms with Gasteiger partial charge < -0.3 is 28.6 Å². The topological polar surface area (TPSA) is 83.5 Å². The Labute approximate surface area is 247 Å². The Hall–Kier alpha value is -2.85. The maximum absolute atomic E-state index is 14.2. The van der Waals surface area contributed by atoms with E-state index in [9.17, 15) is 9.59 Å². The highest BCUT2D eigenvalue weighted by Gasteiger charge is 2.39. The van der Waals surface area contributed by atoms with Crippen molar-refractivity contribution in [1.29, 1.82) is 0 Å². The van der Waals surface area contributed by atoms with Crippen LogP contribution in [-0.2, 0) is 28.5 Å². The highest BCUT2D eigenvalue weighted by Crippen LogP contribution is 2.44. The van der Waals surface area contributed by atoms with Crippen LogP contribution < -0.4 is 9.64 Å². The van der Waals surface area contributed by atoms with Gasteiger partial charge in [-0.2, -0.15) is 0 Å². The molecule has 3 atom stereocenters. The van der Waals surface area contributed by atoms with E-state index in [0.29, 0.717) is 45.3 Å². The van der Waals surface area contributed by atoms with Crippen LogP contribution in [0.2, 0.25) is 5.02 Å². The van der Waals surface area contributed by atoms with E-state index in [-0.39, 0.29) is 31.6 Å². The summed E-state index contributed by atoms with van der Waals surface area (Å²) < 4.78 is 29.3. The van der Waals surface area contributed by atoms with Crippen molar-refractivity contribution in [3.05, 3.63) is 80.5 Å². The van der Waals surface area contributed by atoms with Crippen LogP contribution in [0.3, 0.4) is 0 Å². The van der Waals surface area contributed by atoms with E-state index < -0.39 is 18.2 Å². The van der Waals surface area contributed by atoms with E-state index >= 15 is 0 Å². The Balaban J connectivity index is 1.85. The van der Waals surface area contributed by atoms with E-state index in [2.05, 4.69) is 15.9 Å². The number of ether oxygens (including phenoxy) is 5. The van der Waals surface area contributed by atoms with Crippen LogP contribution in [0.1, 0.15) is 43.9 Å². The van der Waals surface area contributed by atoms with Crippen LogP contribution in [-0.4, -0.2) is 58.1 Å². The van der Waals surface area contributed by atoms with Gasteiger partial charge in [0.2, 0.25) is 0 Å². The standard InChI is InChI=1S/C30H33BrClNO7/c1-5-38-24-9-7-8-21(28(24)31)29-22-14-19(32)11-13-23(22)33(30(35)26(40-29)16-27(34)39-6-2)17-18-10-12-20(36-3)15-25(18)37-4/h7-11,13-15,20,26,29H,5-6,12,16-17H2,1-4H3/t20?,26-,29-/m1/s1. The zero-order chi connectivity index (χ0) is 28.8. The molecule has 0 radical (unpaired) electrons. The van der Waals surface area contributed by atoms with Crippen LogP contribution >= 0.6 is 27.5 Å². The van der Waals surface area contributed by atoms with Crippen LogP contribution in [0.25, 0.3) is 0 Å². The zero-order valence-corrected chi connectivity index (χ0v) is 25.3. The van der Waals surface area contributed by atoms with Crippen molar-refractivity contribution in [2.45, 2.75) is 45.0 Å². The van der Waals surface area contributed by atoms with Gasteiger partial charge in [0.05, 0.1) is 49.6 Å². The molecule has 2 aromatic carbocycles. The number of nitrogens with zero attached hydrogens (tertiary/aromatic N) is 1. The molecule has 4 rings (SSSR count). The largest absolute Gasteiger partial charge is 0.497 e. The van der Waals surface area contributed by atoms with Crippen LogP contribution in [0.5, 0.6) is 5.75 Å². The quantitative estimate of drug-likeness (QED) is 0.290. The maximum atomic E-state index is 14.2. The molecule has 0 N–H and O–H groups in total. The minimum atomic E-state index is -1.12. The van der Waals surface area contributed by atoms with Crippen molar-refractivity contribution >= 4 is 45.1 Å². The van der Waals surface area contributed by atoms with Gasteiger partial charge in [-0.25, -0.2) is 0 Å². The molecule has 0 bridgehead atoms. The van der Waals surface area contributed by atoms with Gasteiger partial charge in [-0.1, -0.05) is 29.8 Å². The first-order valence-corrected chi connectivity index (χ1v) is 14.3. The Kier molecular flexibility index (Phi) is 10.3. The Bertz CT molecular complexity index is 1310. The maximum Gasteiger partial charge on any atom is 0.308 e. The minimum Gasteiger partial charge on any atom is -0.497 e. The van der Waals surface area contributed by atoms with E-state index in [1.54, 1.807) is 44.2 Å². The van der Waals surface area contributed by atoms with Crippen molar-refractivity contribution in [3.63, 3.8) is 0 Å². The molecule has 8 nitrogen and oxygen atoms in total. The van der Waals surface area contributed by atoms with Crippen molar-refractivity contribution < 1.29 is 33.3 Å². The molecule has 1 amide bonds. The normalized spacial score (nSPS) is 20.7. The second-order valence-electron chi connectivity index (χ2n) is 9.21. The second kappa shape index (κ2) is 13.7.